The van der Waals surface area contributed by atoms with Crippen LogP contribution >= 0.6 is 0 Å². The van der Waals surface area contributed by atoms with Crippen LogP contribution in [0.25, 0.3) is 6.08 Å². The molecule has 2 aromatic rings. The zero-order chi connectivity index (χ0) is 19.1. The first kappa shape index (κ1) is 18.9. The van der Waals surface area contributed by atoms with Crippen molar-refractivity contribution in [3.63, 3.8) is 0 Å². The van der Waals surface area contributed by atoms with Gasteiger partial charge in [-0.1, -0.05) is 24.3 Å². The van der Waals surface area contributed by atoms with E-state index in [0.29, 0.717) is 5.56 Å². The van der Waals surface area contributed by atoms with Crippen LogP contribution in [0.1, 0.15) is 22.3 Å². The third-order valence-electron chi connectivity index (χ3n) is 4.09. The molecule has 2 rings (SSSR count). The van der Waals surface area contributed by atoms with Gasteiger partial charge in [-0.05, 0) is 54.8 Å². The van der Waals surface area contributed by atoms with Crippen LogP contribution in [0.5, 0.6) is 0 Å². The van der Waals surface area contributed by atoms with E-state index >= 15 is 0 Å². The van der Waals surface area contributed by atoms with Crippen molar-refractivity contribution in [1.82, 2.24) is 4.90 Å². The molecule has 26 heavy (non-hydrogen) atoms. The second kappa shape index (κ2) is 8.63. The number of carbonyl (C=O) groups is 2. The molecule has 0 aromatic heterocycles. The zero-order valence-electron chi connectivity index (χ0n) is 15.1. The summed E-state index contributed by atoms with van der Waals surface area (Å²) >= 11 is 0. The molecule has 0 saturated carbocycles. The van der Waals surface area contributed by atoms with E-state index in [4.69, 9.17) is 5.26 Å². The van der Waals surface area contributed by atoms with Gasteiger partial charge in [0.05, 0.1) is 18.2 Å². The quantitative estimate of drug-likeness (QED) is 0.844. The Labute approximate surface area is 153 Å². The Morgan fingerprint density at radius 2 is 1.85 bits per heavy atom. The SMILES string of the molecule is Cc1cccc(NC(=O)CN(C)C(=O)/C=C/c2ccc(C#N)cc2)c1C. The molecule has 1 N–H and O–H groups in total. The van der Waals surface area contributed by atoms with Crippen molar-refractivity contribution in [1.29, 1.82) is 5.26 Å². The molecule has 5 heteroatoms. The van der Waals surface area contributed by atoms with E-state index in [0.717, 1.165) is 22.4 Å². The molecule has 0 fully saturated rings. The van der Waals surface area contributed by atoms with Crippen molar-refractivity contribution in [3.05, 3.63) is 70.8 Å². The van der Waals surface area contributed by atoms with Crippen LogP contribution < -0.4 is 5.32 Å². The molecule has 2 amide bonds. The number of likely N-dealkylation sites (N-methyl/N-ethyl adjacent to an activating group) is 1. The Morgan fingerprint density at radius 3 is 2.50 bits per heavy atom. The molecule has 0 atom stereocenters. The Kier molecular flexibility index (Phi) is 6.29. The van der Waals surface area contributed by atoms with E-state index in [1.54, 1.807) is 37.4 Å². The summed E-state index contributed by atoms with van der Waals surface area (Å²) in [4.78, 5) is 25.7. The predicted molar refractivity (Wildman–Crippen MR) is 102 cm³/mol. The second-order valence-electron chi connectivity index (χ2n) is 6.06. The maximum atomic E-state index is 12.2. The van der Waals surface area contributed by atoms with Crippen LogP contribution in [0.15, 0.2) is 48.5 Å². The van der Waals surface area contributed by atoms with Gasteiger partial charge in [0, 0.05) is 18.8 Å². The van der Waals surface area contributed by atoms with E-state index in [1.807, 2.05) is 38.1 Å². The van der Waals surface area contributed by atoms with Crippen LogP contribution in [0.4, 0.5) is 5.69 Å². The molecule has 132 valence electrons. The van der Waals surface area contributed by atoms with Crippen LogP contribution in [-0.2, 0) is 9.59 Å². The predicted octanol–water partition coefficient (Wildman–Crippen LogP) is 3.29. The van der Waals surface area contributed by atoms with Crippen LogP contribution in [0.3, 0.4) is 0 Å². The number of hydrogen-bond acceptors (Lipinski definition) is 3. The van der Waals surface area contributed by atoms with Gasteiger partial charge in [0.2, 0.25) is 11.8 Å². The standard InChI is InChI=1S/C21H21N3O2/c1-15-5-4-6-19(16(15)2)23-20(25)14-24(3)21(26)12-11-17-7-9-18(13-22)10-8-17/h4-12H,14H2,1-3H3,(H,23,25)/b12-11+. The molecule has 0 aliphatic carbocycles. The van der Waals surface area contributed by atoms with Crippen molar-refractivity contribution < 1.29 is 9.59 Å². The molecular formula is C21H21N3O2. The number of rotatable bonds is 5. The largest absolute Gasteiger partial charge is 0.333 e. The van der Waals surface area contributed by atoms with E-state index in [9.17, 15) is 9.59 Å². The number of nitrogens with one attached hydrogen (secondary N) is 1. The summed E-state index contributed by atoms with van der Waals surface area (Å²) < 4.78 is 0. The molecule has 0 aliphatic rings. The summed E-state index contributed by atoms with van der Waals surface area (Å²) in [5.74, 6) is -0.521. The lowest BCUT2D eigenvalue weighted by Crippen LogP contribution is -2.34. The first-order valence-electron chi connectivity index (χ1n) is 8.20. The third kappa shape index (κ3) is 5.05. The third-order valence-corrected chi connectivity index (χ3v) is 4.09. The van der Waals surface area contributed by atoms with Crippen molar-refractivity contribution >= 4 is 23.6 Å². The summed E-state index contributed by atoms with van der Waals surface area (Å²) in [5, 5.41) is 11.6. The number of anilines is 1. The molecule has 0 saturated heterocycles. The summed E-state index contributed by atoms with van der Waals surface area (Å²) in [6.07, 6.45) is 3.06. The number of hydrogen-bond donors (Lipinski definition) is 1. The molecule has 0 unspecified atom stereocenters. The minimum absolute atomic E-state index is 0.0378. The maximum Gasteiger partial charge on any atom is 0.246 e. The number of amides is 2. The molecule has 0 aliphatic heterocycles. The van der Waals surface area contributed by atoms with Gasteiger partial charge in [-0.25, -0.2) is 0 Å². The number of aryl methyl sites for hydroxylation is 1. The van der Waals surface area contributed by atoms with Gasteiger partial charge in [0.15, 0.2) is 0 Å². The van der Waals surface area contributed by atoms with Crippen LogP contribution in [0.2, 0.25) is 0 Å². The summed E-state index contributed by atoms with van der Waals surface area (Å²) in [7, 11) is 1.58. The van der Waals surface area contributed by atoms with E-state index < -0.39 is 0 Å². The highest BCUT2D eigenvalue weighted by Gasteiger charge is 2.12. The van der Waals surface area contributed by atoms with Crippen molar-refractivity contribution in [2.45, 2.75) is 13.8 Å². The number of benzene rings is 2. The molecule has 2 aromatic carbocycles. The monoisotopic (exact) mass is 347 g/mol. The minimum atomic E-state index is -0.273. The van der Waals surface area contributed by atoms with Gasteiger partial charge in [-0.3, -0.25) is 9.59 Å². The van der Waals surface area contributed by atoms with Crippen molar-refractivity contribution in [2.75, 3.05) is 18.9 Å². The lowest BCUT2D eigenvalue weighted by molar-refractivity contribution is -0.129. The van der Waals surface area contributed by atoms with E-state index in [-0.39, 0.29) is 18.4 Å². The molecule has 0 bridgehead atoms. The highest BCUT2D eigenvalue weighted by atomic mass is 16.2. The normalized spacial score (nSPS) is 10.4. The fourth-order valence-electron chi connectivity index (χ4n) is 2.33. The maximum absolute atomic E-state index is 12.2. The number of carbonyl (C=O) groups excluding carboxylic acids is 2. The Balaban J connectivity index is 1.93. The second-order valence-corrected chi connectivity index (χ2v) is 6.06. The van der Waals surface area contributed by atoms with E-state index in [1.165, 1.54) is 11.0 Å². The highest BCUT2D eigenvalue weighted by molar-refractivity contribution is 5.98. The minimum Gasteiger partial charge on any atom is -0.333 e. The zero-order valence-corrected chi connectivity index (χ0v) is 15.1. The van der Waals surface area contributed by atoms with Gasteiger partial charge >= 0.3 is 0 Å². The molecular weight excluding hydrogens is 326 g/mol. The van der Waals surface area contributed by atoms with Gasteiger partial charge < -0.3 is 10.2 Å². The summed E-state index contributed by atoms with van der Waals surface area (Å²) in [5.41, 5.74) is 4.23. The number of nitrogens with zero attached hydrogens (tertiary/aromatic N) is 2. The molecule has 5 nitrogen and oxygen atoms in total. The Morgan fingerprint density at radius 1 is 1.15 bits per heavy atom. The lowest BCUT2D eigenvalue weighted by Gasteiger charge is -2.16. The number of nitriles is 1. The highest BCUT2D eigenvalue weighted by Crippen LogP contribution is 2.17. The van der Waals surface area contributed by atoms with Crippen LogP contribution in [0, 0.1) is 25.2 Å². The van der Waals surface area contributed by atoms with Gasteiger partial charge in [0.1, 0.15) is 0 Å². The van der Waals surface area contributed by atoms with Gasteiger partial charge in [-0.15, -0.1) is 0 Å². The van der Waals surface area contributed by atoms with Gasteiger partial charge in [0.25, 0.3) is 0 Å². The average Bonchev–Trinajstić information content (AvgIpc) is 2.63. The van der Waals surface area contributed by atoms with Crippen molar-refractivity contribution in [2.24, 2.45) is 0 Å². The summed E-state index contributed by atoms with van der Waals surface area (Å²) in [6.45, 7) is 3.89. The fraction of sp³-hybridized carbons (Fsp3) is 0.190. The Hall–Kier alpha value is -3.39. The Bertz CT molecular complexity index is 877. The topological polar surface area (TPSA) is 73.2 Å². The first-order chi connectivity index (χ1) is 12.4. The van der Waals surface area contributed by atoms with Gasteiger partial charge in [-0.2, -0.15) is 5.26 Å². The molecule has 0 heterocycles. The lowest BCUT2D eigenvalue weighted by atomic mass is 10.1. The summed E-state index contributed by atoms with van der Waals surface area (Å²) in [6, 6.07) is 14.6. The fourth-order valence-corrected chi connectivity index (χ4v) is 2.33. The first-order valence-corrected chi connectivity index (χ1v) is 8.20. The van der Waals surface area contributed by atoms with Crippen LogP contribution in [-0.4, -0.2) is 30.3 Å². The van der Waals surface area contributed by atoms with E-state index in [2.05, 4.69) is 5.32 Å². The smallest absolute Gasteiger partial charge is 0.246 e. The molecule has 0 radical (unpaired) electrons. The average molecular weight is 347 g/mol. The molecule has 0 spiro atoms. The van der Waals surface area contributed by atoms with Crippen molar-refractivity contribution in [3.8, 4) is 6.07 Å².